The van der Waals surface area contributed by atoms with Crippen molar-refractivity contribution in [3.63, 3.8) is 0 Å². The zero-order valence-electron chi connectivity index (χ0n) is 18.5. The number of amides is 2. The Morgan fingerprint density at radius 3 is 2.58 bits per heavy atom. The van der Waals surface area contributed by atoms with Gasteiger partial charge in [-0.05, 0) is 50.8 Å². The Kier molecular flexibility index (Phi) is 7.33. The first-order valence-corrected chi connectivity index (χ1v) is 12.9. The van der Waals surface area contributed by atoms with Gasteiger partial charge in [-0.15, -0.1) is 0 Å². The van der Waals surface area contributed by atoms with Crippen molar-refractivity contribution >= 4 is 39.1 Å². The van der Waals surface area contributed by atoms with Crippen molar-refractivity contribution in [2.24, 2.45) is 0 Å². The Morgan fingerprint density at radius 1 is 1.26 bits per heavy atom. The summed E-state index contributed by atoms with van der Waals surface area (Å²) in [5, 5.41) is 3.55. The molecule has 2 aliphatic rings. The predicted octanol–water partition coefficient (Wildman–Crippen LogP) is 3.24. The van der Waals surface area contributed by atoms with Gasteiger partial charge in [0.1, 0.15) is 5.54 Å². The van der Waals surface area contributed by atoms with E-state index in [1.165, 1.54) is 4.90 Å². The molecule has 1 heterocycles. The Balaban J connectivity index is 2.02. The van der Waals surface area contributed by atoms with E-state index in [-0.39, 0.29) is 30.8 Å². The van der Waals surface area contributed by atoms with E-state index in [0.717, 1.165) is 42.0 Å². The average Bonchev–Trinajstić information content (AvgIpc) is 2.70. The Hall–Kier alpha value is -1.64. The molecular formula is C22H32ClN3O4S. The lowest BCUT2D eigenvalue weighted by molar-refractivity contribution is -0.133. The molecule has 1 unspecified atom stereocenters. The first kappa shape index (κ1) is 24.0. The number of carbonyl (C=O) groups is 2. The molecule has 31 heavy (non-hydrogen) atoms. The molecule has 1 saturated heterocycles. The fraction of sp³-hybridized carbons (Fsp3) is 0.636. The van der Waals surface area contributed by atoms with Crippen LogP contribution in [-0.4, -0.2) is 55.0 Å². The second-order valence-electron chi connectivity index (χ2n) is 8.83. The van der Waals surface area contributed by atoms with E-state index >= 15 is 0 Å². The van der Waals surface area contributed by atoms with Crippen LogP contribution >= 0.6 is 11.6 Å². The number of nitrogens with zero attached hydrogens (tertiary/aromatic N) is 2. The third-order valence-electron chi connectivity index (χ3n) is 6.24. The normalized spacial score (nSPS) is 23.7. The summed E-state index contributed by atoms with van der Waals surface area (Å²) in [4.78, 5) is 28.4. The summed E-state index contributed by atoms with van der Waals surface area (Å²) < 4.78 is 26.8. The van der Waals surface area contributed by atoms with Gasteiger partial charge in [0, 0.05) is 23.3 Å². The van der Waals surface area contributed by atoms with Crippen LogP contribution in [0.4, 0.5) is 5.69 Å². The highest BCUT2D eigenvalue weighted by molar-refractivity contribution is 7.89. The van der Waals surface area contributed by atoms with Gasteiger partial charge < -0.3 is 5.32 Å². The molecule has 1 atom stereocenters. The number of aryl methyl sites for hydroxylation is 1. The summed E-state index contributed by atoms with van der Waals surface area (Å²) in [7, 11) is -3.65. The van der Waals surface area contributed by atoms with Crippen molar-refractivity contribution in [3.05, 3.63) is 28.8 Å². The number of halogens is 1. The number of piperazine rings is 1. The van der Waals surface area contributed by atoms with Crippen LogP contribution in [0.1, 0.15) is 57.9 Å². The van der Waals surface area contributed by atoms with Crippen molar-refractivity contribution in [1.29, 1.82) is 0 Å². The van der Waals surface area contributed by atoms with Crippen molar-refractivity contribution in [2.75, 3.05) is 23.7 Å². The highest BCUT2D eigenvalue weighted by Crippen LogP contribution is 2.35. The number of hydrogen-bond acceptors (Lipinski definition) is 4. The molecule has 0 spiro atoms. The molecule has 1 aromatic carbocycles. The van der Waals surface area contributed by atoms with Gasteiger partial charge >= 0.3 is 0 Å². The van der Waals surface area contributed by atoms with Gasteiger partial charge in [0.25, 0.3) is 0 Å². The molecule has 2 fully saturated rings. The van der Waals surface area contributed by atoms with E-state index in [1.807, 2.05) is 6.92 Å². The minimum absolute atomic E-state index is 0.0399. The van der Waals surface area contributed by atoms with Gasteiger partial charge in [0.15, 0.2) is 0 Å². The lowest BCUT2D eigenvalue weighted by Crippen LogP contribution is -2.71. The zero-order chi connectivity index (χ0) is 22.8. The van der Waals surface area contributed by atoms with E-state index in [4.69, 9.17) is 11.6 Å². The molecular weight excluding hydrogens is 438 g/mol. The van der Waals surface area contributed by atoms with Gasteiger partial charge in [-0.2, -0.15) is 4.31 Å². The van der Waals surface area contributed by atoms with E-state index < -0.39 is 21.5 Å². The van der Waals surface area contributed by atoms with E-state index in [1.54, 1.807) is 32.0 Å². The monoisotopic (exact) mass is 469 g/mol. The maximum atomic E-state index is 13.6. The molecule has 2 amide bonds. The van der Waals surface area contributed by atoms with Crippen molar-refractivity contribution in [2.45, 2.75) is 70.9 Å². The summed E-state index contributed by atoms with van der Waals surface area (Å²) in [6.07, 6.45) is 5.48. The van der Waals surface area contributed by atoms with Crippen LogP contribution in [0.3, 0.4) is 0 Å². The fourth-order valence-electron chi connectivity index (χ4n) is 4.54. The highest BCUT2D eigenvalue weighted by Gasteiger charge is 2.51. The molecule has 1 N–H and O–H groups in total. The number of rotatable bonds is 6. The average molecular weight is 470 g/mol. The van der Waals surface area contributed by atoms with E-state index in [0.29, 0.717) is 17.1 Å². The van der Waals surface area contributed by atoms with Gasteiger partial charge in [0.2, 0.25) is 21.8 Å². The van der Waals surface area contributed by atoms with Crippen LogP contribution in [-0.2, 0) is 19.6 Å². The Labute approximate surface area is 190 Å². The van der Waals surface area contributed by atoms with Crippen molar-refractivity contribution in [1.82, 2.24) is 9.62 Å². The summed E-state index contributed by atoms with van der Waals surface area (Å²) >= 11 is 6.21. The smallest absolute Gasteiger partial charge is 0.247 e. The number of hydrogen-bond donors (Lipinski definition) is 1. The number of sulfonamides is 1. The highest BCUT2D eigenvalue weighted by atomic mass is 35.5. The second kappa shape index (κ2) is 9.46. The molecule has 0 bridgehead atoms. The molecule has 1 aromatic rings. The summed E-state index contributed by atoms with van der Waals surface area (Å²) in [5.41, 5.74) is -0.0612. The summed E-state index contributed by atoms with van der Waals surface area (Å²) in [6, 6.07) is 5.23. The topological polar surface area (TPSA) is 86.8 Å². The van der Waals surface area contributed by atoms with Gasteiger partial charge in [0.05, 0.1) is 12.3 Å². The number of benzene rings is 1. The van der Waals surface area contributed by atoms with Crippen LogP contribution in [0.15, 0.2) is 18.2 Å². The third kappa shape index (κ3) is 5.07. The molecule has 172 valence electrons. The molecule has 7 nitrogen and oxygen atoms in total. The number of nitrogens with one attached hydrogen (secondary N) is 1. The minimum Gasteiger partial charge on any atom is -0.351 e. The van der Waals surface area contributed by atoms with Gasteiger partial charge in [-0.3, -0.25) is 14.5 Å². The molecule has 1 aliphatic carbocycles. The van der Waals surface area contributed by atoms with Crippen molar-refractivity contribution < 1.29 is 18.0 Å². The maximum absolute atomic E-state index is 13.6. The molecule has 0 radical (unpaired) electrons. The van der Waals surface area contributed by atoms with Crippen LogP contribution < -0.4 is 10.2 Å². The van der Waals surface area contributed by atoms with Crippen LogP contribution in [0.2, 0.25) is 5.02 Å². The maximum Gasteiger partial charge on any atom is 0.247 e. The minimum atomic E-state index is -3.65. The van der Waals surface area contributed by atoms with E-state index in [9.17, 15) is 18.0 Å². The second-order valence-corrected chi connectivity index (χ2v) is 11.4. The van der Waals surface area contributed by atoms with Crippen LogP contribution in [0, 0.1) is 6.92 Å². The molecule has 3 rings (SSSR count). The first-order valence-electron chi connectivity index (χ1n) is 11.0. The molecule has 1 aliphatic heterocycles. The van der Waals surface area contributed by atoms with Crippen molar-refractivity contribution in [3.8, 4) is 0 Å². The lowest BCUT2D eigenvalue weighted by atomic mass is 9.91. The van der Waals surface area contributed by atoms with Gasteiger partial charge in [-0.25, -0.2) is 8.42 Å². The van der Waals surface area contributed by atoms with E-state index in [2.05, 4.69) is 5.32 Å². The Morgan fingerprint density at radius 2 is 1.94 bits per heavy atom. The summed E-state index contributed by atoms with van der Waals surface area (Å²) in [5.74, 6) is -0.822. The van der Waals surface area contributed by atoms with Crippen LogP contribution in [0.25, 0.3) is 0 Å². The van der Waals surface area contributed by atoms with Gasteiger partial charge in [-0.1, -0.05) is 43.9 Å². The number of carbonyl (C=O) groups excluding carboxylic acids is 2. The largest absolute Gasteiger partial charge is 0.351 e. The number of anilines is 1. The van der Waals surface area contributed by atoms with Crippen LogP contribution in [0.5, 0.6) is 0 Å². The lowest BCUT2D eigenvalue weighted by Gasteiger charge is -2.47. The predicted molar refractivity (Wildman–Crippen MR) is 123 cm³/mol. The Bertz CT molecular complexity index is 946. The molecule has 1 saturated carbocycles. The molecule has 9 heteroatoms. The summed E-state index contributed by atoms with van der Waals surface area (Å²) in [6.45, 7) is 4.89. The quantitative estimate of drug-likeness (QED) is 0.692. The standard InChI is InChI=1S/C22H32ClN3O4S/c1-4-12-31(29,30)25-14-20(27)26(19-13-17(23)11-10-16(19)2)22(3,15-25)21(28)24-18-8-6-5-7-9-18/h10-11,13,18H,4-9,12,14-15H2,1-3H3,(H,24,28). The zero-order valence-corrected chi connectivity index (χ0v) is 20.1. The third-order valence-corrected chi connectivity index (χ3v) is 8.44. The molecule has 0 aromatic heterocycles. The first-order chi connectivity index (χ1) is 14.6. The SMILES string of the molecule is CCCS(=O)(=O)N1CC(=O)N(c2cc(Cl)ccc2C)C(C)(C(=O)NC2CCCCC2)C1. The fourth-order valence-corrected chi connectivity index (χ4v) is 6.23.